The van der Waals surface area contributed by atoms with Gasteiger partial charge in [-0.15, -0.1) is 0 Å². The summed E-state index contributed by atoms with van der Waals surface area (Å²) < 4.78 is 5.82. The van der Waals surface area contributed by atoms with E-state index in [1.165, 1.54) is 0 Å². The van der Waals surface area contributed by atoms with Crippen LogP contribution in [0.25, 0.3) is 0 Å². The van der Waals surface area contributed by atoms with E-state index in [1.54, 1.807) is 12.4 Å². The highest BCUT2D eigenvalue weighted by Gasteiger charge is 2.29. The summed E-state index contributed by atoms with van der Waals surface area (Å²) in [5.41, 5.74) is 6.75. The van der Waals surface area contributed by atoms with Crippen molar-refractivity contribution in [3.63, 3.8) is 0 Å². The smallest absolute Gasteiger partial charge is 0.239 e. The third-order valence-corrected chi connectivity index (χ3v) is 4.15. The van der Waals surface area contributed by atoms with Crippen molar-refractivity contribution in [1.82, 2.24) is 15.6 Å². The van der Waals surface area contributed by atoms with E-state index in [0.29, 0.717) is 6.61 Å². The molecule has 0 bridgehead atoms. The van der Waals surface area contributed by atoms with Gasteiger partial charge >= 0.3 is 0 Å². The van der Waals surface area contributed by atoms with Gasteiger partial charge in [-0.3, -0.25) is 14.6 Å². The van der Waals surface area contributed by atoms with Crippen LogP contribution in [0.4, 0.5) is 0 Å². The number of amides is 2. The molecular weight excluding hydrogens is 308 g/mol. The van der Waals surface area contributed by atoms with Crippen molar-refractivity contribution in [3.8, 4) is 0 Å². The summed E-state index contributed by atoms with van der Waals surface area (Å²) in [5, 5.41) is 5.53. The minimum Gasteiger partial charge on any atom is -0.371 e. The Morgan fingerprint density at radius 2 is 2.08 bits per heavy atom. The molecule has 3 atom stereocenters. The van der Waals surface area contributed by atoms with E-state index in [-0.39, 0.29) is 36.4 Å². The predicted molar refractivity (Wildman–Crippen MR) is 89.9 cm³/mol. The Hall–Kier alpha value is -1.99. The first-order valence-corrected chi connectivity index (χ1v) is 8.33. The van der Waals surface area contributed by atoms with Crippen LogP contribution in [-0.4, -0.2) is 42.0 Å². The standard InChI is InChI=1S/C17H26N4O3/c1-11(2)15(18)17(23)20-10-14(22)21-13-4-3-9-24-16(13)12-5-7-19-8-6-12/h5-8,11,13,15-16H,3-4,9-10,18H2,1-2H3,(H,20,23)(H,21,22)/t13-,15-,16+/m0/s1. The lowest BCUT2D eigenvalue weighted by molar-refractivity contribution is -0.128. The number of nitrogens with one attached hydrogen (secondary N) is 2. The van der Waals surface area contributed by atoms with Crippen molar-refractivity contribution >= 4 is 11.8 Å². The number of carbonyl (C=O) groups excluding carboxylic acids is 2. The second-order valence-electron chi connectivity index (χ2n) is 6.38. The lowest BCUT2D eigenvalue weighted by Gasteiger charge is -2.32. The summed E-state index contributed by atoms with van der Waals surface area (Å²) in [7, 11) is 0. The van der Waals surface area contributed by atoms with Gasteiger partial charge in [0.1, 0.15) is 6.10 Å². The first-order chi connectivity index (χ1) is 11.5. The fraction of sp³-hybridized carbons (Fsp3) is 0.588. The van der Waals surface area contributed by atoms with E-state index in [0.717, 1.165) is 18.4 Å². The van der Waals surface area contributed by atoms with E-state index in [4.69, 9.17) is 10.5 Å². The number of aromatic nitrogens is 1. The number of pyridine rings is 1. The highest BCUT2D eigenvalue weighted by Crippen LogP contribution is 2.27. The molecule has 2 rings (SSSR count). The van der Waals surface area contributed by atoms with Crippen molar-refractivity contribution in [1.29, 1.82) is 0 Å². The van der Waals surface area contributed by atoms with E-state index in [2.05, 4.69) is 15.6 Å². The number of carbonyl (C=O) groups is 2. The zero-order chi connectivity index (χ0) is 17.5. The van der Waals surface area contributed by atoms with Gasteiger partial charge in [0.15, 0.2) is 0 Å². The molecule has 4 N–H and O–H groups in total. The Kier molecular flexibility index (Phi) is 6.69. The Morgan fingerprint density at radius 3 is 2.75 bits per heavy atom. The van der Waals surface area contributed by atoms with Crippen molar-refractivity contribution in [2.45, 2.75) is 44.9 Å². The SMILES string of the molecule is CC(C)[C@H](N)C(=O)NCC(=O)N[C@H]1CCCO[C@@H]1c1ccncc1. The van der Waals surface area contributed by atoms with E-state index in [9.17, 15) is 9.59 Å². The van der Waals surface area contributed by atoms with Gasteiger partial charge in [0.05, 0.1) is 18.6 Å². The molecule has 2 amide bonds. The van der Waals surface area contributed by atoms with Crippen LogP contribution in [0.1, 0.15) is 38.4 Å². The van der Waals surface area contributed by atoms with E-state index in [1.807, 2.05) is 26.0 Å². The van der Waals surface area contributed by atoms with Gasteiger partial charge in [0.2, 0.25) is 11.8 Å². The normalized spacial score (nSPS) is 22.0. The number of ether oxygens (including phenoxy) is 1. The van der Waals surface area contributed by atoms with Crippen molar-refractivity contribution in [3.05, 3.63) is 30.1 Å². The second-order valence-corrected chi connectivity index (χ2v) is 6.38. The van der Waals surface area contributed by atoms with Crippen LogP contribution in [0, 0.1) is 5.92 Å². The van der Waals surface area contributed by atoms with Gasteiger partial charge in [-0.2, -0.15) is 0 Å². The average Bonchev–Trinajstić information content (AvgIpc) is 2.60. The summed E-state index contributed by atoms with van der Waals surface area (Å²) >= 11 is 0. The number of hydrogen-bond donors (Lipinski definition) is 3. The molecule has 0 aromatic carbocycles. The first kappa shape index (κ1) is 18.4. The van der Waals surface area contributed by atoms with Crippen molar-refractivity contribution in [2.24, 2.45) is 11.7 Å². The second kappa shape index (κ2) is 8.75. The predicted octanol–water partition coefficient (Wildman–Crippen LogP) is 0.517. The maximum atomic E-state index is 12.2. The molecule has 24 heavy (non-hydrogen) atoms. The van der Waals surface area contributed by atoms with E-state index >= 15 is 0 Å². The van der Waals surface area contributed by atoms with Crippen molar-refractivity contribution in [2.75, 3.05) is 13.2 Å². The third-order valence-electron chi connectivity index (χ3n) is 4.15. The third kappa shape index (κ3) is 5.01. The molecule has 0 aliphatic carbocycles. The molecule has 0 spiro atoms. The van der Waals surface area contributed by atoms with Crippen LogP contribution in [0.2, 0.25) is 0 Å². The molecule has 2 heterocycles. The zero-order valence-electron chi connectivity index (χ0n) is 14.2. The van der Waals surface area contributed by atoms with Crippen LogP contribution in [0.15, 0.2) is 24.5 Å². The molecule has 0 unspecified atom stereocenters. The van der Waals surface area contributed by atoms with Crippen LogP contribution < -0.4 is 16.4 Å². The molecule has 132 valence electrons. The molecule has 1 fully saturated rings. The van der Waals surface area contributed by atoms with Crippen LogP contribution in [0.5, 0.6) is 0 Å². The molecule has 1 aliphatic rings. The summed E-state index contributed by atoms with van der Waals surface area (Å²) in [4.78, 5) is 28.0. The van der Waals surface area contributed by atoms with Gasteiger partial charge in [-0.1, -0.05) is 13.8 Å². The zero-order valence-corrected chi connectivity index (χ0v) is 14.2. The highest BCUT2D eigenvalue weighted by atomic mass is 16.5. The maximum absolute atomic E-state index is 12.2. The minimum atomic E-state index is -0.611. The van der Waals surface area contributed by atoms with Gasteiger partial charge in [0, 0.05) is 19.0 Å². The topological polar surface area (TPSA) is 106 Å². The Labute approximate surface area is 142 Å². The van der Waals surface area contributed by atoms with Gasteiger partial charge in [-0.25, -0.2) is 0 Å². The number of rotatable bonds is 6. The quantitative estimate of drug-likeness (QED) is 0.703. The Bertz CT molecular complexity index is 550. The first-order valence-electron chi connectivity index (χ1n) is 8.33. The minimum absolute atomic E-state index is 0.0240. The van der Waals surface area contributed by atoms with Crippen LogP contribution in [0.3, 0.4) is 0 Å². The summed E-state index contributed by atoms with van der Waals surface area (Å²) in [6.45, 7) is 4.31. The van der Waals surface area contributed by atoms with Gasteiger partial charge in [0.25, 0.3) is 0 Å². The largest absolute Gasteiger partial charge is 0.371 e. The number of nitrogens with two attached hydrogens (primary N) is 1. The molecule has 7 heteroatoms. The lowest BCUT2D eigenvalue weighted by Crippen LogP contribution is -2.50. The van der Waals surface area contributed by atoms with E-state index < -0.39 is 6.04 Å². The Morgan fingerprint density at radius 1 is 1.38 bits per heavy atom. The fourth-order valence-electron chi connectivity index (χ4n) is 2.66. The molecule has 1 aromatic rings. The average molecular weight is 334 g/mol. The molecule has 0 radical (unpaired) electrons. The van der Waals surface area contributed by atoms with Gasteiger partial charge < -0.3 is 21.1 Å². The van der Waals surface area contributed by atoms with Gasteiger partial charge in [-0.05, 0) is 36.5 Å². The molecule has 7 nitrogen and oxygen atoms in total. The molecule has 0 saturated carbocycles. The molecule has 1 saturated heterocycles. The lowest BCUT2D eigenvalue weighted by atomic mass is 9.96. The number of nitrogens with zero attached hydrogens (tertiary/aromatic N) is 1. The van der Waals surface area contributed by atoms with Crippen molar-refractivity contribution < 1.29 is 14.3 Å². The highest BCUT2D eigenvalue weighted by molar-refractivity contribution is 5.87. The summed E-state index contributed by atoms with van der Waals surface area (Å²) in [6, 6.07) is 3.04. The van der Waals surface area contributed by atoms with Crippen LogP contribution >= 0.6 is 0 Å². The number of hydrogen-bond acceptors (Lipinski definition) is 5. The Balaban J connectivity index is 1.88. The molecule has 1 aromatic heterocycles. The fourth-order valence-corrected chi connectivity index (χ4v) is 2.66. The maximum Gasteiger partial charge on any atom is 0.239 e. The van der Waals surface area contributed by atoms with Crippen LogP contribution in [-0.2, 0) is 14.3 Å². The molecule has 1 aliphatic heterocycles. The summed E-state index contributed by atoms with van der Waals surface area (Å²) in [6.07, 6.45) is 4.94. The summed E-state index contributed by atoms with van der Waals surface area (Å²) in [5.74, 6) is -0.532. The molecular formula is C17H26N4O3. The monoisotopic (exact) mass is 334 g/mol.